The lowest BCUT2D eigenvalue weighted by atomic mass is 9.73. The van der Waals surface area contributed by atoms with Gasteiger partial charge in [-0.2, -0.15) is 0 Å². The maximum absolute atomic E-state index is 13.2. The molecule has 3 aliphatic heterocycles. The molecular formula is C34H52O11. The van der Waals surface area contributed by atoms with Crippen molar-refractivity contribution in [1.82, 2.24) is 0 Å². The van der Waals surface area contributed by atoms with E-state index in [0.29, 0.717) is 24.0 Å². The summed E-state index contributed by atoms with van der Waals surface area (Å²) in [5.74, 6) is -2.97. The van der Waals surface area contributed by atoms with Crippen LogP contribution in [0.1, 0.15) is 106 Å². The highest BCUT2D eigenvalue weighted by Gasteiger charge is 2.61. The number of unbranched alkanes of at least 4 members (excludes halogenated alkanes) is 6. The topological polar surface area (TPSA) is 154 Å². The van der Waals surface area contributed by atoms with Gasteiger partial charge in [0, 0.05) is 31.8 Å². The summed E-state index contributed by atoms with van der Waals surface area (Å²) in [4.78, 5) is 37.9. The van der Waals surface area contributed by atoms with Crippen molar-refractivity contribution < 1.29 is 53.0 Å². The van der Waals surface area contributed by atoms with Gasteiger partial charge in [-0.15, -0.1) is 0 Å². The molecule has 4 rings (SSSR count). The van der Waals surface area contributed by atoms with Crippen molar-refractivity contribution in [2.24, 2.45) is 11.8 Å². The Kier molecular flexibility index (Phi) is 11.4. The Bertz CT molecular complexity index is 1130. The molecule has 254 valence electrons. The number of ether oxygens (including phenoxy) is 6. The van der Waals surface area contributed by atoms with Gasteiger partial charge in [0.05, 0.1) is 23.4 Å². The van der Waals surface area contributed by atoms with Gasteiger partial charge in [-0.05, 0) is 45.6 Å². The smallest absolute Gasteiger partial charge is 0.306 e. The van der Waals surface area contributed by atoms with Gasteiger partial charge in [0.2, 0.25) is 6.29 Å². The van der Waals surface area contributed by atoms with Gasteiger partial charge in [-0.1, -0.05) is 52.0 Å². The number of hydrogen-bond acceptors (Lipinski definition) is 11. The van der Waals surface area contributed by atoms with Crippen LogP contribution in [0.15, 0.2) is 24.0 Å². The Morgan fingerprint density at radius 3 is 2.29 bits per heavy atom. The van der Waals surface area contributed by atoms with Crippen LogP contribution in [0.3, 0.4) is 0 Å². The molecule has 1 aliphatic carbocycles. The van der Waals surface area contributed by atoms with Gasteiger partial charge < -0.3 is 38.6 Å². The number of esters is 3. The van der Waals surface area contributed by atoms with Crippen molar-refractivity contribution >= 4 is 17.9 Å². The molecule has 45 heavy (non-hydrogen) atoms. The molecule has 0 amide bonds. The van der Waals surface area contributed by atoms with Gasteiger partial charge in [-0.3, -0.25) is 14.4 Å². The van der Waals surface area contributed by atoms with E-state index in [0.717, 1.165) is 19.3 Å². The van der Waals surface area contributed by atoms with Gasteiger partial charge in [-0.25, -0.2) is 0 Å². The Labute approximate surface area is 266 Å². The van der Waals surface area contributed by atoms with Crippen molar-refractivity contribution in [3.8, 4) is 0 Å². The molecule has 10 atom stereocenters. The Morgan fingerprint density at radius 1 is 1.04 bits per heavy atom. The molecule has 0 aromatic heterocycles. The van der Waals surface area contributed by atoms with Crippen molar-refractivity contribution in [3.63, 3.8) is 0 Å². The molecule has 2 N–H and O–H groups in total. The fourth-order valence-electron chi connectivity index (χ4n) is 6.88. The van der Waals surface area contributed by atoms with E-state index in [-0.39, 0.29) is 12.8 Å². The van der Waals surface area contributed by atoms with Gasteiger partial charge in [0.25, 0.3) is 0 Å². The van der Waals surface area contributed by atoms with Gasteiger partial charge in [0.1, 0.15) is 24.4 Å². The average Bonchev–Trinajstić information content (AvgIpc) is 3.87. The summed E-state index contributed by atoms with van der Waals surface area (Å²) in [5, 5.41) is 22.5. The number of carbonyl (C=O) groups excluding carboxylic acids is 3. The normalized spacial score (nSPS) is 34.6. The highest BCUT2D eigenvalue weighted by Crippen LogP contribution is 2.50. The maximum atomic E-state index is 13.2. The fraction of sp³-hybridized carbons (Fsp3) is 0.794. The number of aliphatic hydroxyl groups is 2. The molecular weight excluding hydrogens is 584 g/mol. The van der Waals surface area contributed by atoms with Crippen LogP contribution in [0.5, 0.6) is 0 Å². The molecule has 1 saturated carbocycles. The number of fused-ring (bicyclic) bond motifs is 2. The van der Waals surface area contributed by atoms with E-state index >= 15 is 0 Å². The second kappa shape index (κ2) is 14.5. The number of epoxide rings is 2. The summed E-state index contributed by atoms with van der Waals surface area (Å²) in [6, 6.07) is 0. The minimum absolute atomic E-state index is 0.217. The second-order valence-corrected chi connectivity index (χ2v) is 13.8. The third-order valence-electron chi connectivity index (χ3n) is 9.52. The molecule has 2 saturated heterocycles. The van der Waals surface area contributed by atoms with Crippen molar-refractivity contribution in [3.05, 3.63) is 24.0 Å². The van der Waals surface area contributed by atoms with Crippen LogP contribution >= 0.6 is 0 Å². The zero-order valence-corrected chi connectivity index (χ0v) is 27.6. The summed E-state index contributed by atoms with van der Waals surface area (Å²) in [5.41, 5.74) is -1.15. The number of hydrogen-bond donors (Lipinski definition) is 2. The predicted octanol–water partition coefficient (Wildman–Crippen LogP) is 4.41. The molecule has 0 bridgehead atoms. The summed E-state index contributed by atoms with van der Waals surface area (Å²) in [6.07, 6.45) is 3.25. The lowest BCUT2D eigenvalue weighted by Gasteiger charge is -2.42. The molecule has 11 heteroatoms. The summed E-state index contributed by atoms with van der Waals surface area (Å²) >= 11 is 0. The third-order valence-corrected chi connectivity index (χ3v) is 9.52. The van der Waals surface area contributed by atoms with E-state index in [1.165, 1.54) is 39.4 Å². The van der Waals surface area contributed by atoms with Crippen molar-refractivity contribution in [1.29, 1.82) is 0 Å². The third kappa shape index (κ3) is 8.67. The quantitative estimate of drug-likeness (QED) is 0.0916. The first-order valence-corrected chi connectivity index (χ1v) is 16.5. The van der Waals surface area contributed by atoms with E-state index in [4.69, 9.17) is 28.4 Å². The first kappa shape index (κ1) is 35.4. The maximum Gasteiger partial charge on any atom is 0.306 e. The molecule has 0 aromatic rings. The largest absolute Gasteiger partial charge is 0.462 e. The molecule has 11 nitrogen and oxygen atoms in total. The van der Waals surface area contributed by atoms with E-state index < -0.39 is 83.9 Å². The summed E-state index contributed by atoms with van der Waals surface area (Å²) in [7, 11) is 0. The van der Waals surface area contributed by atoms with Crippen LogP contribution in [0.25, 0.3) is 0 Å². The SMILES string of the molecule is C=C1[C@@H]2[C@@H](OC(C)=O)OC=C([C@@H](OC(C)=O)[C@@H](OC(=O)CCCCCCCCC)[C@H]3OC3(C)C)[C@H]2CC[C@](C)(O)[C@@H]2O[C@@H]2[C@H]1O. The van der Waals surface area contributed by atoms with E-state index in [1.54, 1.807) is 6.92 Å². The summed E-state index contributed by atoms with van der Waals surface area (Å²) < 4.78 is 35.1. The highest BCUT2D eigenvalue weighted by molar-refractivity contribution is 5.70. The monoisotopic (exact) mass is 636 g/mol. The molecule has 0 unspecified atom stereocenters. The first-order valence-electron chi connectivity index (χ1n) is 16.5. The minimum Gasteiger partial charge on any atom is -0.462 e. The zero-order valence-electron chi connectivity index (χ0n) is 27.6. The molecule has 0 spiro atoms. The van der Waals surface area contributed by atoms with Crippen LogP contribution in [0, 0.1) is 11.8 Å². The molecule has 0 aromatic carbocycles. The van der Waals surface area contributed by atoms with Crippen LogP contribution in [-0.2, 0) is 42.8 Å². The molecule has 0 radical (unpaired) electrons. The van der Waals surface area contributed by atoms with Crippen molar-refractivity contribution in [2.75, 3.05) is 0 Å². The lowest BCUT2D eigenvalue weighted by Crippen LogP contribution is -2.48. The van der Waals surface area contributed by atoms with Crippen LogP contribution in [-0.4, -0.2) is 82.2 Å². The molecule has 4 aliphatic rings. The number of carbonyl (C=O) groups is 3. The van der Waals surface area contributed by atoms with E-state index in [9.17, 15) is 24.6 Å². The van der Waals surface area contributed by atoms with E-state index in [2.05, 4.69) is 13.5 Å². The second-order valence-electron chi connectivity index (χ2n) is 13.8. The van der Waals surface area contributed by atoms with Crippen LogP contribution in [0.4, 0.5) is 0 Å². The number of aliphatic hydroxyl groups excluding tert-OH is 1. The molecule has 3 heterocycles. The highest BCUT2D eigenvalue weighted by atomic mass is 16.7. The average molecular weight is 637 g/mol. The summed E-state index contributed by atoms with van der Waals surface area (Å²) in [6.45, 7) is 14.2. The Hall–Kier alpha value is -2.47. The predicted molar refractivity (Wildman–Crippen MR) is 162 cm³/mol. The first-order chi connectivity index (χ1) is 21.2. The minimum atomic E-state index is -1.28. The Balaban J connectivity index is 1.63. The molecule has 3 fully saturated rings. The standard InChI is InChI=1S/C34H52O11/c1-8-9-10-11-12-13-14-15-24(37)43-29(30-33(5,6)45-30)27(41-20(3)35)23-18-40-32(42-21(4)36)25-19(2)26(38)28-31(44-28)34(7,39)17-16-22(23)25/h18,22,25-32,38-39H,2,8-17H2,1,3-7H3/t22-,25+,26+,27-,28-,29-,30-,31-,32-,34+/m1/s1. The lowest BCUT2D eigenvalue weighted by molar-refractivity contribution is -0.185. The zero-order chi connectivity index (χ0) is 33.1. The van der Waals surface area contributed by atoms with E-state index in [1.807, 2.05) is 13.8 Å². The number of rotatable bonds is 14. The van der Waals surface area contributed by atoms with Gasteiger partial charge >= 0.3 is 17.9 Å². The van der Waals surface area contributed by atoms with Crippen LogP contribution < -0.4 is 0 Å². The van der Waals surface area contributed by atoms with Crippen LogP contribution in [0.2, 0.25) is 0 Å². The van der Waals surface area contributed by atoms with Gasteiger partial charge in [0.15, 0.2) is 12.2 Å². The Morgan fingerprint density at radius 2 is 1.69 bits per heavy atom. The fourth-order valence-corrected chi connectivity index (χ4v) is 6.88. The van der Waals surface area contributed by atoms with Crippen molar-refractivity contribution in [2.45, 2.75) is 160 Å².